The van der Waals surface area contributed by atoms with Gasteiger partial charge in [0.25, 0.3) is 0 Å². The van der Waals surface area contributed by atoms with E-state index >= 15 is 0 Å². The van der Waals surface area contributed by atoms with Crippen LogP contribution in [-0.2, 0) is 25.9 Å². The second kappa shape index (κ2) is 11.4. The van der Waals surface area contributed by atoms with E-state index in [0.29, 0.717) is 69.2 Å². The fourth-order valence-electron chi connectivity index (χ4n) is 7.32. The Morgan fingerprint density at radius 3 is 2.93 bits per heavy atom. The summed E-state index contributed by atoms with van der Waals surface area (Å²) < 4.78 is 35.6. The first-order valence-electron chi connectivity index (χ1n) is 15.4. The van der Waals surface area contributed by atoms with Gasteiger partial charge in [-0.05, 0) is 61.4 Å². The minimum absolute atomic E-state index is 0.123. The van der Waals surface area contributed by atoms with Crippen LogP contribution < -0.4 is 20.7 Å². The van der Waals surface area contributed by atoms with Gasteiger partial charge in [0.15, 0.2) is 0 Å². The molecule has 5 heterocycles. The van der Waals surface area contributed by atoms with Crippen LogP contribution in [0.4, 0.5) is 26.1 Å². The van der Waals surface area contributed by atoms with E-state index in [0.717, 1.165) is 52.7 Å². The zero-order valence-electron chi connectivity index (χ0n) is 24.8. The Hall–Kier alpha value is -4.25. The van der Waals surface area contributed by atoms with Crippen molar-refractivity contribution < 1.29 is 18.6 Å². The third-order valence-electron chi connectivity index (χ3n) is 9.47. The first-order valence-corrected chi connectivity index (χ1v) is 15.4. The lowest BCUT2D eigenvalue weighted by Crippen LogP contribution is -2.43. The smallest absolute Gasteiger partial charge is 0.318 e. The summed E-state index contributed by atoms with van der Waals surface area (Å²) in [5.74, 6) is 0.969. The Morgan fingerprint density at radius 1 is 1.20 bits per heavy atom. The van der Waals surface area contributed by atoms with Gasteiger partial charge in [-0.15, -0.1) is 0 Å². The number of nitrogens with one attached hydrogen (secondary N) is 1. The predicted octanol–water partition coefficient (Wildman–Crippen LogP) is 5.14. The Bertz CT molecular complexity index is 1720. The highest BCUT2D eigenvalue weighted by Crippen LogP contribution is 2.41. The lowest BCUT2D eigenvalue weighted by Gasteiger charge is -2.33. The number of phenols is 1. The second-order valence-corrected chi connectivity index (χ2v) is 12.2. The normalized spacial score (nSPS) is 21.4. The number of halogens is 2. The number of hydrogen-bond donors (Lipinski definition) is 3. The summed E-state index contributed by atoms with van der Waals surface area (Å²) in [6, 6.07) is 10.5. The number of alkyl halides is 1. The summed E-state index contributed by atoms with van der Waals surface area (Å²) in [7, 11) is 0. The van der Waals surface area contributed by atoms with Gasteiger partial charge >= 0.3 is 6.01 Å². The summed E-state index contributed by atoms with van der Waals surface area (Å²) >= 11 is 0. The molecule has 9 nitrogen and oxygen atoms in total. The lowest BCUT2D eigenvalue weighted by atomic mass is 9.95. The summed E-state index contributed by atoms with van der Waals surface area (Å²) in [6.07, 6.45) is 4.31. The summed E-state index contributed by atoms with van der Waals surface area (Å²) in [5, 5.41) is 15.6. The number of hydrogen-bond acceptors (Lipinski definition) is 9. The van der Waals surface area contributed by atoms with Gasteiger partial charge in [-0.2, -0.15) is 9.97 Å². The second-order valence-electron chi connectivity index (χ2n) is 12.2. The Balaban J connectivity index is 1.23. The van der Waals surface area contributed by atoms with Crippen molar-refractivity contribution in [1.82, 2.24) is 19.9 Å². The molecule has 0 bridgehead atoms. The van der Waals surface area contributed by atoms with Crippen LogP contribution in [0.5, 0.6) is 11.8 Å². The van der Waals surface area contributed by atoms with Crippen molar-refractivity contribution in [3.8, 4) is 11.8 Å². The molecule has 3 aliphatic heterocycles. The number of aromatic nitrogens is 3. The minimum Gasteiger partial charge on any atom is -0.508 e. The first-order chi connectivity index (χ1) is 21.3. The molecular formula is C33H37F2N7O2. The van der Waals surface area contributed by atoms with Gasteiger partial charge in [-0.25, -0.2) is 13.8 Å². The number of nitrogens with two attached hydrogens (primary N) is 1. The van der Waals surface area contributed by atoms with E-state index in [-0.39, 0.29) is 23.1 Å². The van der Waals surface area contributed by atoms with E-state index < -0.39 is 6.17 Å². The number of aromatic hydroxyl groups is 1. The zero-order chi connectivity index (χ0) is 30.4. The molecule has 0 spiro atoms. The molecule has 0 amide bonds. The molecule has 4 N–H and O–H groups in total. The molecule has 0 aliphatic carbocycles. The molecule has 0 saturated carbocycles. The minimum atomic E-state index is -0.853. The van der Waals surface area contributed by atoms with Crippen molar-refractivity contribution in [3.05, 3.63) is 70.8 Å². The maximum Gasteiger partial charge on any atom is 0.318 e. The number of pyridine rings is 1. The van der Waals surface area contributed by atoms with Crippen LogP contribution in [0.15, 0.2) is 42.6 Å². The van der Waals surface area contributed by atoms with Crippen molar-refractivity contribution in [2.45, 2.75) is 63.8 Å². The number of phenolic OH excluding ortho intramolecular Hbond substituents is 1. The highest BCUT2D eigenvalue weighted by molar-refractivity contribution is 5.98. The van der Waals surface area contributed by atoms with Crippen molar-refractivity contribution in [1.29, 1.82) is 0 Å². The van der Waals surface area contributed by atoms with Gasteiger partial charge in [-0.1, -0.05) is 19.1 Å². The van der Waals surface area contributed by atoms with Gasteiger partial charge < -0.3 is 25.8 Å². The predicted molar refractivity (Wildman–Crippen MR) is 166 cm³/mol. The van der Waals surface area contributed by atoms with E-state index in [2.05, 4.69) is 20.1 Å². The van der Waals surface area contributed by atoms with Crippen LogP contribution in [-0.4, -0.2) is 62.9 Å². The van der Waals surface area contributed by atoms with Crippen LogP contribution >= 0.6 is 0 Å². The van der Waals surface area contributed by atoms with Crippen LogP contribution in [0.3, 0.4) is 0 Å². The molecule has 44 heavy (non-hydrogen) atoms. The van der Waals surface area contributed by atoms with E-state index in [1.165, 1.54) is 6.07 Å². The van der Waals surface area contributed by atoms with Crippen molar-refractivity contribution in [3.63, 3.8) is 0 Å². The maximum absolute atomic E-state index is 14.9. The van der Waals surface area contributed by atoms with Crippen molar-refractivity contribution in [2.75, 3.05) is 42.2 Å². The van der Waals surface area contributed by atoms with Gasteiger partial charge in [-0.3, -0.25) is 4.90 Å². The summed E-state index contributed by atoms with van der Waals surface area (Å²) in [4.78, 5) is 18.2. The molecule has 7 rings (SSSR count). The summed E-state index contributed by atoms with van der Waals surface area (Å²) in [5.41, 5.74) is 9.76. The molecule has 2 saturated heterocycles. The molecule has 3 aliphatic rings. The number of rotatable bonds is 8. The molecule has 0 unspecified atom stereocenters. The molecular weight excluding hydrogens is 564 g/mol. The first kappa shape index (κ1) is 28.5. The molecule has 2 atom stereocenters. The van der Waals surface area contributed by atoms with Crippen LogP contribution in [0.25, 0.3) is 10.8 Å². The molecule has 230 valence electrons. The van der Waals surface area contributed by atoms with Gasteiger partial charge in [0.05, 0.1) is 17.8 Å². The third-order valence-corrected chi connectivity index (χ3v) is 9.47. The van der Waals surface area contributed by atoms with Crippen molar-refractivity contribution >= 4 is 28.1 Å². The highest BCUT2D eigenvalue weighted by Gasteiger charge is 2.49. The SMILES string of the molecule is CCc1c(F)ccc2cc(O)cc(N3CCc4c(nc(OC[C@@]56CCCN5C[C@H](F)C6)nc4NCc4cccnc4N)C3)c12. The average Bonchev–Trinajstić information content (AvgIpc) is 3.54. The third kappa shape index (κ3) is 5.12. The largest absolute Gasteiger partial charge is 0.508 e. The maximum atomic E-state index is 14.9. The van der Waals surface area contributed by atoms with Gasteiger partial charge in [0, 0.05) is 60.5 Å². The number of ether oxygens (including phenoxy) is 1. The molecule has 2 aromatic heterocycles. The van der Waals surface area contributed by atoms with E-state index in [1.807, 2.05) is 19.1 Å². The number of nitrogens with zero attached hydrogens (tertiary/aromatic N) is 5. The van der Waals surface area contributed by atoms with Crippen molar-refractivity contribution in [2.24, 2.45) is 0 Å². The standard InChI is InChI=1S/C33H37F2N7O2/c1-2-24-26(35)7-6-20-13-23(43)14-28(29(20)24)41-12-8-25-27(18-41)39-32(40-31(25)38-16-21-5-3-10-37-30(21)36)44-19-33-9-4-11-42(33)17-22(34)15-33/h3,5-7,10,13-14,22,43H,2,4,8-9,11-12,15-19H2,1H3,(H2,36,37)(H,38,39,40)/t22-,33+/m1/s1. The topological polar surface area (TPSA) is 113 Å². The molecule has 4 aromatic rings. The fraction of sp³-hybridized carbons (Fsp3) is 0.424. The molecule has 2 aromatic carbocycles. The van der Waals surface area contributed by atoms with Gasteiger partial charge in [0.2, 0.25) is 0 Å². The fourth-order valence-corrected chi connectivity index (χ4v) is 7.32. The number of fused-ring (bicyclic) bond motifs is 3. The monoisotopic (exact) mass is 601 g/mol. The zero-order valence-corrected chi connectivity index (χ0v) is 24.8. The van der Waals surface area contributed by atoms with E-state index in [1.54, 1.807) is 24.4 Å². The number of anilines is 3. The summed E-state index contributed by atoms with van der Waals surface area (Å²) in [6.45, 7) is 5.03. The van der Waals surface area contributed by atoms with E-state index in [9.17, 15) is 13.9 Å². The Kier molecular flexibility index (Phi) is 7.36. The average molecular weight is 602 g/mol. The van der Waals surface area contributed by atoms with Crippen LogP contribution in [0.1, 0.15) is 48.6 Å². The number of benzene rings is 2. The highest BCUT2D eigenvalue weighted by atomic mass is 19.1. The van der Waals surface area contributed by atoms with E-state index in [4.69, 9.17) is 20.4 Å². The van der Waals surface area contributed by atoms with Crippen LogP contribution in [0, 0.1) is 5.82 Å². The quantitative estimate of drug-likeness (QED) is 0.253. The lowest BCUT2D eigenvalue weighted by molar-refractivity contribution is 0.107. The van der Waals surface area contributed by atoms with Gasteiger partial charge in [0.1, 0.15) is 36.0 Å². The Morgan fingerprint density at radius 2 is 2.09 bits per heavy atom. The number of aryl methyl sites for hydroxylation is 1. The Labute approximate surface area is 255 Å². The molecule has 2 fully saturated rings. The molecule has 0 radical (unpaired) electrons. The van der Waals surface area contributed by atoms with Crippen LogP contribution in [0.2, 0.25) is 0 Å². The molecule has 11 heteroatoms. The number of nitrogen functional groups attached to an aromatic ring is 1.